The van der Waals surface area contributed by atoms with Gasteiger partial charge in [0, 0.05) is 50.7 Å². The monoisotopic (exact) mass is 398 g/mol. The van der Waals surface area contributed by atoms with Crippen molar-refractivity contribution in [2.24, 2.45) is 0 Å². The van der Waals surface area contributed by atoms with Crippen LogP contribution in [0.25, 0.3) is 0 Å². The van der Waals surface area contributed by atoms with Crippen LogP contribution in [-0.2, 0) is 27.4 Å². The molecule has 2 N–H and O–H groups in total. The van der Waals surface area contributed by atoms with E-state index in [1.165, 1.54) is 5.56 Å². The maximum Gasteiger partial charge on any atom is 0.255 e. The van der Waals surface area contributed by atoms with Gasteiger partial charge in [0.05, 0.1) is 12.7 Å². The number of benzene rings is 1. The van der Waals surface area contributed by atoms with Crippen molar-refractivity contribution in [1.29, 1.82) is 0 Å². The molecule has 3 atom stereocenters. The molecule has 8 nitrogen and oxygen atoms in total. The number of nitrogens with one attached hydrogen (secondary N) is 2. The van der Waals surface area contributed by atoms with Gasteiger partial charge in [0.15, 0.2) is 0 Å². The summed E-state index contributed by atoms with van der Waals surface area (Å²) < 4.78 is 5.85. The lowest BCUT2D eigenvalue weighted by atomic mass is 9.99. The molecule has 0 aromatic heterocycles. The van der Waals surface area contributed by atoms with E-state index < -0.39 is 6.04 Å². The van der Waals surface area contributed by atoms with Crippen molar-refractivity contribution in [2.75, 3.05) is 26.2 Å². The van der Waals surface area contributed by atoms with E-state index in [0.717, 1.165) is 44.8 Å². The predicted octanol–water partition coefficient (Wildman–Crippen LogP) is 0.0103. The Bertz CT molecular complexity index is 857. The maximum absolute atomic E-state index is 12.8. The van der Waals surface area contributed by atoms with Gasteiger partial charge in [-0.3, -0.25) is 24.6 Å². The summed E-state index contributed by atoms with van der Waals surface area (Å²) in [5.41, 5.74) is 2.81. The Kier molecular flexibility index (Phi) is 4.85. The lowest BCUT2D eigenvalue weighted by Crippen LogP contribution is -2.58. The normalized spacial score (nSPS) is 30.1. The average molecular weight is 398 g/mol. The molecule has 0 saturated carbocycles. The predicted molar refractivity (Wildman–Crippen MR) is 104 cm³/mol. The van der Waals surface area contributed by atoms with Gasteiger partial charge >= 0.3 is 0 Å². The van der Waals surface area contributed by atoms with E-state index in [1.54, 1.807) is 4.90 Å². The highest BCUT2D eigenvalue weighted by Gasteiger charge is 2.39. The Morgan fingerprint density at radius 2 is 2.07 bits per heavy atom. The minimum absolute atomic E-state index is 0.120. The van der Waals surface area contributed by atoms with Crippen molar-refractivity contribution in [3.05, 3.63) is 34.9 Å². The van der Waals surface area contributed by atoms with Crippen molar-refractivity contribution >= 4 is 17.7 Å². The van der Waals surface area contributed by atoms with Gasteiger partial charge < -0.3 is 15.0 Å². The molecular formula is C21H26N4O4. The van der Waals surface area contributed by atoms with Crippen LogP contribution in [0.3, 0.4) is 0 Å². The first-order valence-corrected chi connectivity index (χ1v) is 10.4. The van der Waals surface area contributed by atoms with E-state index in [2.05, 4.69) is 21.6 Å². The quantitative estimate of drug-likeness (QED) is 0.697. The summed E-state index contributed by atoms with van der Waals surface area (Å²) in [6.07, 6.45) is 2.02. The standard InChI is InChI=1S/C21H26N4O4/c26-19-4-3-17(20(27)23-19)25-11-14-9-13(1-2-15(14)21(25)28)10-24-7-5-18-16(12-24)22-6-8-29-18/h1-2,9,16-18,22H,3-8,10-12H2,(H,23,26,27)/t16-,17?,18+/m0/s1. The fraction of sp³-hybridized carbons (Fsp3) is 0.571. The molecule has 4 heterocycles. The van der Waals surface area contributed by atoms with Crippen LogP contribution in [0.15, 0.2) is 18.2 Å². The highest BCUT2D eigenvalue weighted by Crippen LogP contribution is 2.29. The van der Waals surface area contributed by atoms with Crippen LogP contribution in [-0.4, -0.2) is 72.0 Å². The van der Waals surface area contributed by atoms with Gasteiger partial charge in [0.25, 0.3) is 5.91 Å². The second kappa shape index (κ2) is 7.51. The third-order valence-corrected chi connectivity index (χ3v) is 6.47. The maximum atomic E-state index is 12.8. The number of piperidine rings is 2. The van der Waals surface area contributed by atoms with Crippen molar-refractivity contribution in [2.45, 2.75) is 50.5 Å². The molecule has 4 aliphatic heterocycles. The minimum Gasteiger partial charge on any atom is -0.375 e. The number of amides is 3. The zero-order valence-electron chi connectivity index (χ0n) is 16.4. The van der Waals surface area contributed by atoms with Gasteiger partial charge in [-0.25, -0.2) is 0 Å². The van der Waals surface area contributed by atoms with Gasteiger partial charge in [-0.1, -0.05) is 12.1 Å². The first kappa shape index (κ1) is 18.7. The number of hydrogen-bond donors (Lipinski definition) is 2. The number of imide groups is 1. The third kappa shape index (κ3) is 3.56. The molecule has 3 fully saturated rings. The Balaban J connectivity index is 1.26. The molecule has 3 amide bonds. The number of rotatable bonds is 3. The van der Waals surface area contributed by atoms with E-state index in [9.17, 15) is 14.4 Å². The summed E-state index contributed by atoms with van der Waals surface area (Å²) in [4.78, 5) is 40.4. The van der Waals surface area contributed by atoms with Crippen LogP contribution in [0, 0.1) is 0 Å². The van der Waals surface area contributed by atoms with Gasteiger partial charge in [0.1, 0.15) is 6.04 Å². The average Bonchev–Trinajstić information content (AvgIpc) is 3.04. The van der Waals surface area contributed by atoms with Crippen molar-refractivity contribution in [3.8, 4) is 0 Å². The zero-order chi connectivity index (χ0) is 20.0. The van der Waals surface area contributed by atoms with E-state index in [1.807, 2.05) is 12.1 Å². The van der Waals surface area contributed by atoms with E-state index in [-0.39, 0.29) is 24.1 Å². The molecule has 0 spiro atoms. The summed E-state index contributed by atoms with van der Waals surface area (Å²) in [7, 11) is 0. The lowest BCUT2D eigenvalue weighted by Gasteiger charge is -2.41. The van der Waals surface area contributed by atoms with Crippen LogP contribution in [0.5, 0.6) is 0 Å². The summed E-state index contributed by atoms with van der Waals surface area (Å²) in [5, 5.41) is 5.90. The molecule has 3 saturated heterocycles. The second-order valence-corrected chi connectivity index (χ2v) is 8.39. The topological polar surface area (TPSA) is 91.0 Å². The molecular weight excluding hydrogens is 372 g/mol. The molecule has 154 valence electrons. The smallest absolute Gasteiger partial charge is 0.255 e. The minimum atomic E-state index is -0.563. The first-order valence-electron chi connectivity index (χ1n) is 10.4. The largest absolute Gasteiger partial charge is 0.375 e. The van der Waals surface area contributed by atoms with Gasteiger partial charge in [-0.05, 0) is 30.0 Å². The van der Waals surface area contributed by atoms with Crippen LogP contribution in [0.1, 0.15) is 40.7 Å². The molecule has 5 rings (SSSR count). The van der Waals surface area contributed by atoms with Gasteiger partial charge in [0.2, 0.25) is 11.8 Å². The van der Waals surface area contributed by atoms with Crippen LogP contribution >= 0.6 is 0 Å². The fourth-order valence-corrected chi connectivity index (χ4v) is 4.98. The van der Waals surface area contributed by atoms with Crippen LogP contribution in [0.2, 0.25) is 0 Å². The summed E-state index contributed by atoms with van der Waals surface area (Å²) in [6.45, 7) is 4.93. The first-order chi connectivity index (χ1) is 14.1. The number of likely N-dealkylation sites (tertiary alicyclic amines) is 1. The molecule has 29 heavy (non-hydrogen) atoms. The van der Waals surface area contributed by atoms with E-state index in [4.69, 9.17) is 4.74 Å². The number of carbonyl (C=O) groups is 3. The number of ether oxygens (including phenoxy) is 1. The van der Waals surface area contributed by atoms with E-state index in [0.29, 0.717) is 30.7 Å². The molecule has 1 unspecified atom stereocenters. The van der Waals surface area contributed by atoms with Crippen molar-refractivity contribution in [3.63, 3.8) is 0 Å². The Labute approximate surface area is 169 Å². The SMILES string of the molecule is O=C1CCC(N2Cc3cc(CN4CC[C@H]5OCCN[C@H]5C4)ccc3C2=O)C(=O)N1. The number of hydrogen-bond acceptors (Lipinski definition) is 6. The number of morpholine rings is 1. The Morgan fingerprint density at radius 1 is 1.17 bits per heavy atom. The Morgan fingerprint density at radius 3 is 2.93 bits per heavy atom. The molecule has 1 aromatic rings. The second-order valence-electron chi connectivity index (χ2n) is 8.39. The molecule has 4 aliphatic rings. The fourth-order valence-electron chi connectivity index (χ4n) is 4.98. The van der Waals surface area contributed by atoms with Crippen molar-refractivity contribution < 1.29 is 19.1 Å². The molecule has 0 bridgehead atoms. The molecule has 8 heteroatoms. The van der Waals surface area contributed by atoms with Crippen molar-refractivity contribution in [1.82, 2.24) is 20.4 Å². The molecule has 1 aromatic carbocycles. The van der Waals surface area contributed by atoms with E-state index >= 15 is 0 Å². The number of fused-ring (bicyclic) bond motifs is 2. The lowest BCUT2D eigenvalue weighted by molar-refractivity contribution is -0.136. The third-order valence-electron chi connectivity index (χ3n) is 6.47. The van der Waals surface area contributed by atoms with Gasteiger partial charge in [-0.15, -0.1) is 0 Å². The summed E-state index contributed by atoms with van der Waals surface area (Å²) in [5.74, 6) is -0.752. The van der Waals surface area contributed by atoms with Crippen LogP contribution < -0.4 is 10.6 Å². The summed E-state index contributed by atoms with van der Waals surface area (Å²) >= 11 is 0. The van der Waals surface area contributed by atoms with Gasteiger partial charge in [-0.2, -0.15) is 0 Å². The highest BCUT2D eigenvalue weighted by molar-refractivity contribution is 6.05. The zero-order valence-corrected chi connectivity index (χ0v) is 16.4. The molecule has 0 aliphatic carbocycles. The highest BCUT2D eigenvalue weighted by atomic mass is 16.5. The summed E-state index contributed by atoms with van der Waals surface area (Å²) in [6, 6.07) is 5.81. The number of nitrogens with zero attached hydrogens (tertiary/aromatic N) is 2. The Hall–Kier alpha value is -2.29. The van der Waals surface area contributed by atoms with Crippen LogP contribution in [0.4, 0.5) is 0 Å². The molecule has 0 radical (unpaired) electrons. The number of carbonyl (C=O) groups excluding carboxylic acids is 3.